The van der Waals surface area contributed by atoms with E-state index in [1.54, 1.807) is 13.8 Å². The first-order chi connectivity index (χ1) is 6.49. The molecule has 0 amide bonds. The Morgan fingerprint density at radius 2 is 2.21 bits per heavy atom. The van der Waals surface area contributed by atoms with E-state index in [0.29, 0.717) is 0 Å². The summed E-state index contributed by atoms with van der Waals surface area (Å²) in [5.74, 6) is -1.01. The summed E-state index contributed by atoms with van der Waals surface area (Å²) in [6, 6.07) is 1.35. The number of aromatic nitrogens is 1. The number of nitrogens with zero attached hydrogens (tertiary/aromatic N) is 1. The van der Waals surface area contributed by atoms with Gasteiger partial charge in [0.25, 0.3) is 0 Å². The van der Waals surface area contributed by atoms with Crippen molar-refractivity contribution in [3.63, 3.8) is 0 Å². The molecule has 3 nitrogen and oxygen atoms in total. The van der Waals surface area contributed by atoms with Crippen molar-refractivity contribution in [2.24, 2.45) is 0 Å². The lowest BCUT2D eigenvalue weighted by Crippen LogP contribution is -2.34. The third-order valence-electron chi connectivity index (χ3n) is 2.07. The van der Waals surface area contributed by atoms with Gasteiger partial charge in [0.1, 0.15) is 5.60 Å². The molecule has 0 radical (unpaired) electrons. The summed E-state index contributed by atoms with van der Waals surface area (Å²) in [4.78, 5) is 15.3. The normalized spacial score (nSPS) is 11.4. The average Bonchev–Trinajstić information content (AvgIpc) is 2.17. The Bertz CT molecular complexity index is 350. The molecule has 0 saturated heterocycles. The Hall–Kier alpha value is -1.29. The standard InChI is InChI=1S/C10H12FNO2/c1-10(2,14-3)9(13)7-4-5-12-6-8(7)11/h4-6H,1-3H3. The second-order valence-corrected chi connectivity index (χ2v) is 3.40. The van der Waals surface area contributed by atoms with Crippen LogP contribution in [0.5, 0.6) is 0 Å². The van der Waals surface area contributed by atoms with E-state index in [-0.39, 0.29) is 11.3 Å². The van der Waals surface area contributed by atoms with Gasteiger partial charge in [0, 0.05) is 13.3 Å². The van der Waals surface area contributed by atoms with Gasteiger partial charge in [-0.15, -0.1) is 0 Å². The maximum absolute atomic E-state index is 13.2. The molecule has 14 heavy (non-hydrogen) atoms. The number of pyridine rings is 1. The van der Waals surface area contributed by atoms with E-state index >= 15 is 0 Å². The zero-order valence-electron chi connectivity index (χ0n) is 8.37. The van der Waals surface area contributed by atoms with Crippen LogP contribution in [-0.4, -0.2) is 23.5 Å². The van der Waals surface area contributed by atoms with E-state index in [1.165, 1.54) is 19.4 Å². The zero-order chi connectivity index (χ0) is 10.8. The van der Waals surface area contributed by atoms with Crippen LogP contribution in [0.3, 0.4) is 0 Å². The molecule has 0 aromatic carbocycles. The van der Waals surface area contributed by atoms with Crippen LogP contribution >= 0.6 is 0 Å². The van der Waals surface area contributed by atoms with Crippen LogP contribution < -0.4 is 0 Å². The molecular weight excluding hydrogens is 185 g/mol. The average molecular weight is 197 g/mol. The van der Waals surface area contributed by atoms with Crippen molar-refractivity contribution in [1.29, 1.82) is 0 Å². The zero-order valence-corrected chi connectivity index (χ0v) is 8.37. The molecule has 0 N–H and O–H groups in total. The molecule has 0 unspecified atom stereocenters. The van der Waals surface area contributed by atoms with Crippen LogP contribution in [0.15, 0.2) is 18.5 Å². The van der Waals surface area contributed by atoms with Crippen molar-refractivity contribution in [1.82, 2.24) is 4.98 Å². The molecular formula is C10H12FNO2. The van der Waals surface area contributed by atoms with E-state index in [4.69, 9.17) is 4.74 Å². The second kappa shape index (κ2) is 3.84. The minimum absolute atomic E-state index is 0.00634. The first-order valence-electron chi connectivity index (χ1n) is 4.18. The van der Waals surface area contributed by atoms with Crippen LogP contribution in [0.25, 0.3) is 0 Å². The van der Waals surface area contributed by atoms with Crippen molar-refractivity contribution in [3.05, 3.63) is 29.8 Å². The number of methoxy groups -OCH3 is 1. The van der Waals surface area contributed by atoms with Crippen LogP contribution in [0.1, 0.15) is 24.2 Å². The van der Waals surface area contributed by atoms with E-state index < -0.39 is 11.4 Å². The van der Waals surface area contributed by atoms with Gasteiger partial charge in [-0.3, -0.25) is 9.78 Å². The summed E-state index contributed by atoms with van der Waals surface area (Å²) < 4.78 is 18.1. The number of ether oxygens (including phenoxy) is 1. The summed E-state index contributed by atoms with van der Waals surface area (Å²) in [5, 5.41) is 0. The third kappa shape index (κ3) is 1.96. The minimum Gasteiger partial charge on any atom is -0.371 e. The van der Waals surface area contributed by atoms with Gasteiger partial charge in [0.2, 0.25) is 0 Å². The lowest BCUT2D eigenvalue weighted by molar-refractivity contribution is 0.0224. The van der Waals surface area contributed by atoms with E-state index in [2.05, 4.69) is 4.98 Å². The monoisotopic (exact) mass is 197 g/mol. The quantitative estimate of drug-likeness (QED) is 0.694. The number of hydrogen-bond donors (Lipinski definition) is 0. The maximum Gasteiger partial charge on any atom is 0.197 e. The van der Waals surface area contributed by atoms with Crippen LogP contribution in [-0.2, 0) is 4.74 Å². The fraction of sp³-hybridized carbons (Fsp3) is 0.400. The summed E-state index contributed by atoms with van der Waals surface area (Å²) in [6.45, 7) is 3.18. The van der Waals surface area contributed by atoms with Gasteiger partial charge < -0.3 is 4.74 Å². The fourth-order valence-electron chi connectivity index (χ4n) is 0.976. The van der Waals surface area contributed by atoms with Gasteiger partial charge in [0.05, 0.1) is 11.8 Å². The number of halogens is 1. The van der Waals surface area contributed by atoms with Crippen molar-refractivity contribution in [3.8, 4) is 0 Å². The van der Waals surface area contributed by atoms with E-state index in [0.717, 1.165) is 6.20 Å². The highest BCUT2D eigenvalue weighted by molar-refractivity contribution is 6.02. The molecule has 0 aliphatic heterocycles. The predicted molar refractivity (Wildman–Crippen MR) is 49.6 cm³/mol. The molecule has 0 spiro atoms. The van der Waals surface area contributed by atoms with Crippen LogP contribution in [0.2, 0.25) is 0 Å². The van der Waals surface area contributed by atoms with Gasteiger partial charge in [0.15, 0.2) is 11.6 Å². The first-order valence-corrected chi connectivity index (χ1v) is 4.18. The highest BCUT2D eigenvalue weighted by Crippen LogP contribution is 2.17. The molecule has 0 aliphatic rings. The Labute approximate surface area is 81.9 Å². The highest BCUT2D eigenvalue weighted by Gasteiger charge is 2.29. The minimum atomic E-state index is -1.01. The smallest absolute Gasteiger partial charge is 0.197 e. The number of carbonyl (C=O) groups excluding carboxylic acids is 1. The SMILES string of the molecule is COC(C)(C)C(=O)c1ccncc1F. The molecule has 76 valence electrons. The number of ketones is 1. The second-order valence-electron chi connectivity index (χ2n) is 3.40. The molecule has 0 fully saturated rings. The lowest BCUT2D eigenvalue weighted by atomic mass is 9.97. The number of rotatable bonds is 3. The van der Waals surface area contributed by atoms with Gasteiger partial charge >= 0.3 is 0 Å². The maximum atomic E-state index is 13.2. The summed E-state index contributed by atoms with van der Waals surface area (Å²) in [5.41, 5.74) is -1.01. The van der Waals surface area contributed by atoms with E-state index in [9.17, 15) is 9.18 Å². The number of hydrogen-bond acceptors (Lipinski definition) is 3. The molecule has 1 aromatic rings. The topological polar surface area (TPSA) is 39.2 Å². The van der Waals surface area contributed by atoms with Crippen molar-refractivity contribution < 1.29 is 13.9 Å². The predicted octanol–water partition coefficient (Wildman–Crippen LogP) is 1.83. The summed E-state index contributed by atoms with van der Waals surface area (Å²) >= 11 is 0. The summed E-state index contributed by atoms with van der Waals surface area (Å²) in [6.07, 6.45) is 2.39. The largest absolute Gasteiger partial charge is 0.371 e. The Kier molecular flexibility index (Phi) is 2.96. The Morgan fingerprint density at radius 1 is 1.57 bits per heavy atom. The molecule has 1 rings (SSSR count). The lowest BCUT2D eigenvalue weighted by Gasteiger charge is -2.21. The Morgan fingerprint density at radius 3 is 2.71 bits per heavy atom. The molecule has 0 aliphatic carbocycles. The molecule has 0 atom stereocenters. The van der Waals surface area contributed by atoms with Gasteiger partial charge in [-0.1, -0.05) is 0 Å². The Balaban J connectivity index is 3.07. The highest BCUT2D eigenvalue weighted by atomic mass is 19.1. The molecule has 4 heteroatoms. The summed E-state index contributed by atoms with van der Waals surface area (Å²) in [7, 11) is 1.41. The van der Waals surface area contributed by atoms with Gasteiger partial charge in [-0.05, 0) is 19.9 Å². The van der Waals surface area contributed by atoms with Crippen LogP contribution in [0, 0.1) is 5.82 Å². The number of carbonyl (C=O) groups is 1. The molecule has 0 bridgehead atoms. The van der Waals surface area contributed by atoms with E-state index in [1.807, 2.05) is 0 Å². The van der Waals surface area contributed by atoms with Gasteiger partial charge in [-0.2, -0.15) is 0 Å². The molecule has 0 saturated carbocycles. The van der Waals surface area contributed by atoms with Crippen LogP contribution in [0.4, 0.5) is 4.39 Å². The fourth-order valence-corrected chi connectivity index (χ4v) is 0.976. The van der Waals surface area contributed by atoms with Crippen molar-refractivity contribution in [2.45, 2.75) is 19.4 Å². The molecule has 1 heterocycles. The van der Waals surface area contributed by atoms with Crippen molar-refractivity contribution in [2.75, 3.05) is 7.11 Å². The van der Waals surface area contributed by atoms with Crippen molar-refractivity contribution >= 4 is 5.78 Å². The van der Waals surface area contributed by atoms with Gasteiger partial charge in [-0.25, -0.2) is 4.39 Å². The first kappa shape index (κ1) is 10.8. The number of Topliss-reactive ketones (excluding diaryl/α,β-unsaturated/α-hetero) is 1. The third-order valence-corrected chi connectivity index (χ3v) is 2.07. The molecule has 1 aromatic heterocycles.